The van der Waals surface area contributed by atoms with Crippen LogP contribution >= 0.6 is 11.6 Å². The first-order valence-electron chi connectivity index (χ1n) is 6.74. The predicted octanol–water partition coefficient (Wildman–Crippen LogP) is 0.817. The zero-order valence-corrected chi connectivity index (χ0v) is 13.1. The minimum atomic E-state index is -3.64. The zero-order valence-electron chi connectivity index (χ0n) is 11.5. The van der Waals surface area contributed by atoms with Crippen molar-refractivity contribution >= 4 is 33.2 Å². The lowest BCUT2D eigenvalue weighted by atomic mass is 10.2. The van der Waals surface area contributed by atoms with Crippen LogP contribution in [0.4, 0.5) is 5.69 Å². The number of halogens is 1. The van der Waals surface area contributed by atoms with Crippen LogP contribution in [0, 0.1) is 0 Å². The standard InChI is InChI=1S/C13H16ClN3O3S/c1-8-7-17(3-2-15-8)21(19,20)12-4-9-5-13(18)16-11(9)6-10(12)14/h4,6,8,15H,2-3,5,7H2,1H3,(H,16,18). The molecule has 114 valence electrons. The van der Waals surface area contributed by atoms with Crippen LogP contribution in [0.5, 0.6) is 0 Å². The van der Waals surface area contributed by atoms with E-state index in [0.29, 0.717) is 30.9 Å². The number of piperazine rings is 1. The lowest BCUT2D eigenvalue weighted by Crippen LogP contribution is -2.51. The lowest BCUT2D eigenvalue weighted by molar-refractivity contribution is -0.115. The lowest BCUT2D eigenvalue weighted by Gasteiger charge is -2.31. The molecule has 0 bridgehead atoms. The van der Waals surface area contributed by atoms with Crippen LogP contribution in [0.15, 0.2) is 17.0 Å². The van der Waals surface area contributed by atoms with Crippen LogP contribution in [-0.2, 0) is 21.2 Å². The van der Waals surface area contributed by atoms with Gasteiger partial charge in [0.2, 0.25) is 15.9 Å². The molecule has 1 atom stereocenters. The van der Waals surface area contributed by atoms with Gasteiger partial charge in [-0.15, -0.1) is 0 Å². The molecule has 2 heterocycles. The highest BCUT2D eigenvalue weighted by atomic mass is 35.5. The van der Waals surface area contributed by atoms with Crippen LogP contribution in [-0.4, -0.2) is 44.3 Å². The molecular formula is C13H16ClN3O3S. The molecule has 0 saturated carbocycles. The van der Waals surface area contributed by atoms with E-state index in [0.717, 1.165) is 0 Å². The molecule has 6 nitrogen and oxygen atoms in total. The van der Waals surface area contributed by atoms with Crippen molar-refractivity contribution in [3.8, 4) is 0 Å². The monoisotopic (exact) mass is 329 g/mol. The van der Waals surface area contributed by atoms with Crippen LogP contribution in [0.2, 0.25) is 5.02 Å². The minimum absolute atomic E-state index is 0.0773. The second-order valence-electron chi connectivity index (χ2n) is 5.38. The van der Waals surface area contributed by atoms with E-state index in [2.05, 4.69) is 10.6 Å². The maximum Gasteiger partial charge on any atom is 0.244 e. The van der Waals surface area contributed by atoms with Gasteiger partial charge in [-0.3, -0.25) is 4.79 Å². The van der Waals surface area contributed by atoms with Crippen molar-refractivity contribution in [2.45, 2.75) is 24.3 Å². The highest BCUT2D eigenvalue weighted by Gasteiger charge is 2.32. The Labute approximate surface area is 128 Å². The summed E-state index contributed by atoms with van der Waals surface area (Å²) in [6.45, 7) is 3.38. The van der Waals surface area contributed by atoms with E-state index >= 15 is 0 Å². The van der Waals surface area contributed by atoms with E-state index in [-0.39, 0.29) is 28.3 Å². The number of nitrogens with one attached hydrogen (secondary N) is 2. The highest BCUT2D eigenvalue weighted by molar-refractivity contribution is 7.89. The van der Waals surface area contributed by atoms with Gasteiger partial charge in [-0.25, -0.2) is 8.42 Å². The first-order valence-corrected chi connectivity index (χ1v) is 8.55. The predicted molar refractivity (Wildman–Crippen MR) is 80.0 cm³/mol. The number of sulfonamides is 1. The molecule has 8 heteroatoms. The number of hydrogen-bond acceptors (Lipinski definition) is 4. The first kappa shape index (κ1) is 14.8. The van der Waals surface area contributed by atoms with E-state index in [1.165, 1.54) is 16.4 Å². The van der Waals surface area contributed by atoms with E-state index in [1.807, 2.05) is 6.92 Å². The summed E-state index contributed by atoms with van der Waals surface area (Å²) in [5.74, 6) is -0.147. The van der Waals surface area contributed by atoms with E-state index < -0.39 is 10.0 Å². The van der Waals surface area contributed by atoms with Crippen molar-refractivity contribution < 1.29 is 13.2 Å². The van der Waals surface area contributed by atoms with Gasteiger partial charge in [-0.2, -0.15) is 4.31 Å². The number of carbonyl (C=O) groups excluding carboxylic acids is 1. The van der Waals surface area contributed by atoms with E-state index in [4.69, 9.17) is 11.6 Å². The molecule has 0 spiro atoms. The van der Waals surface area contributed by atoms with Gasteiger partial charge >= 0.3 is 0 Å². The van der Waals surface area contributed by atoms with Crippen molar-refractivity contribution in [1.82, 2.24) is 9.62 Å². The van der Waals surface area contributed by atoms with Crippen molar-refractivity contribution in [3.63, 3.8) is 0 Å². The molecule has 2 N–H and O–H groups in total. The second-order valence-corrected chi connectivity index (χ2v) is 7.70. The fraction of sp³-hybridized carbons (Fsp3) is 0.462. The number of amides is 1. The SMILES string of the molecule is CC1CN(S(=O)(=O)c2cc3c(cc2Cl)NC(=O)C3)CCN1. The quantitative estimate of drug-likeness (QED) is 0.842. The van der Waals surface area contributed by atoms with Crippen LogP contribution in [0.1, 0.15) is 12.5 Å². The van der Waals surface area contributed by atoms with Gasteiger partial charge in [0.05, 0.1) is 11.4 Å². The van der Waals surface area contributed by atoms with Crippen molar-refractivity contribution in [1.29, 1.82) is 0 Å². The third-order valence-electron chi connectivity index (χ3n) is 3.73. The van der Waals surface area contributed by atoms with Crippen LogP contribution in [0.25, 0.3) is 0 Å². The number of nitrogens with zero attached hydrogens (tertiary/aromatic N) is 1. The summed E-state index contributed by atoms with van der Waals surface area (Å²) in [5.41, 5.74) is 1.27. The van der Waals surface area contributed by atoms with Crippen LogP contribution in [0.3, 0.4) is 0 Å². The Morgan fingerprint density at radius 1 is 1.38 bits per heavy atom. The number of benzene rings is 1. The van der Waals surface area contributed by atoms with E-state index in [9.17, 15) is 13.2 Å². The van der Waals surface area contributed by atoms with Gasteiger partial charge in [0.1, 0.15) is 4.90 Å². The summed E-state index contributed by atoms with van der Waals surface area (Å²) < 4.78 is 26.9. The molecule has 1 amide bonds. The normalized spacial score (nSPS) is 23.0. The number of fused-ring (bicyclic) bond motifs is 1. The molecule has 2 aliphatic heterocycles. The number of rotatable bonds is 2. The Kier molecular flexibility index (Phi) is 3.69. The van der Waals surface area contributed by atoms with Crippen molar-refractivity contribution in [3.05, 3.63) is 22.7 Å². The molecule has 0 aromatic heterocycles. The van der Waals surface area contributed by atoms with Gasteiger partial charge in [-0.1, -0.05) is 11.6 Å². The Balaban J connectivity index is 2.00. The minimum Gasteiger partial charge on any atom is -0.325 e. The summed E-state index contributed by atoms with van der Waals surface area (Å²) in [7, 11) is -3.64. The fourth-order valence-corrected chi connectivity index (χ4v) is 4.76. The summed E-state index contributed by atoms with van der Waals surface area (Å²) in [6, 6.07) is 3.13. The van der Waals surface area contributed by atoms with Gasteiger partial charge in [0.25, 0.3) is 0 Å². The molecule has 0 aliphatic carbocycles. The third kappa shape index (κ3) is 2.66. The fourth-order valence-electron chi connectivity index (χ4n) is 2.68. The molecule has 21 heavy (non-hydrogen) atoms. The second kappa shape index (κ2) is 5.24. The van der Waals surface area contributed by atoms with Gasteiger partial charge in [-0.05, 0) is 24.6 Å². The van der Waals surface area contributed by atoms with Crippen molar-refractivity contribution in [2.75, 3.05) is 25.0 Å². The van der Waals surface area contributed by atoms with Crippen LogP contribution < -0.4 is 10.6 Å². The molecule has 3 rings (SSSR count). The third-order valence-corrected chi connectivity index (χ3v) is 6.06. The Bertz CT molecular complexity index is 705. The molecule has 0 radical (unpaired) electrons. The van der Waals surface area contributed by atoms with Gasteiger partial charge in [0.15, 0.2) is 0 Å². The first-order chi connectivity index (χ1) is 9.88. The smallest absolute Gasteiger partial charge is 0.244 e. The zero-order chi connectivity index (χ0) is 15.2. The molecule has 1 unspecified atom stereocenters. The number of hydrogen-bond donors (Lipinski definition) is 2. The average molecular weight is 330 g/mol. The topological polar surface area (TPSA) is 78.5 Å². The maximum atomic E-state index is 12.7. The summed E-state index contributed by atoms with van der Waals surface area (Å²) >= 11 is 6.12. The Morgan fingerprint density at radius 2 is 2.14 bits per heavy atom. The molecule has 2 aliphatic rings. The van der Waals surface area contributed by atoms with E-state index in [1.54, 1.807) is 0 Å². The largest absolute Gasteiger partial charge is 0.325 e. The summed E-state index contributed by atoms with van der Waals surface area (Å²) in [6.07, 6.45) is 0.187. The molecular weight excluding hydrogens is 314 g/mol. The van der Waals surface area contributed by atoms with Gasteiger partial charge < -0.3 is 10.6 Å². The number of anilines is 1. The average Bonchev–Trinajstić information content (AvgIpc) is 2.76. The molecule has 1 aromatic carbocycles. The molecule has 1 aromatic rings. The molecule has 1 saturated heterocycles. The Hall–Kier alpha value is -1.15. The summed E-state index contributed by atoms with van der Waals surface area (Å²) in [5, 5.41) is 6.01. The molecule has 1 fully saturated rings. The van der Waals surface area contributed by atoms with Crippen molar-refractivity contribution in [2.24, 2.45) is 0 Å². The van der Waals surface area contributed by atoms with Gasteiger partial charge in [0, 0.05) is 31.4 Å². The maximum absolute atomic E-state index is 12.7. The summed E-state index contributed by atoms with van der Waals surface area (Å²) in [4.78, 5) is 11.5. The number of carbonyl (C=O) groups is 1. The Morgan fingerprint density at radius 3 is 2.86 bits per heavy atom. The highest BCUT2D eigenvalue weighted by Crippen LogP contribution is 2.33.